The molecule has 10 N–H and O–H groups in total. The number of carboxylic acids is 3. The Labute approximate surface area is 196 Å². The number of amides is 3. The van der Waals surface area contributed by atoms with Crippen molar-refractivity contribution in [2.24, 2.45) is 17.4 Å². The average Bonchev–Trinajstić information content (AvgIpc) is 2.74. The van der Waals surface area contributed by atoms with Crippen LogP contribution >= 0.6 is 0 Å². The molecule has 0 aromatic heterocycles. The van der Waals surface area contributed by atoms with Gasteiger partial charge in [0.25, 0.3) is 0 Å². The van der Waals surface area contributed by atoms with Crippen LogP contribution in [0.4, 0.5) is 0 Å². The maximum Gasteiger partial charge on any atom is 0.326 e. The monoisotopic (exact) mass is 489 g/mol. The molecule has 0 rings (SSSR count). The van der Waals surface area contributed by atoms with Gasteiger partial charge in [0.15, 0.2) is 0 Å². The van der Waals surface area contributed by atoms with E-state index >= 15 is 0 Å². The van der Waals surface area contributed by atoms with Gasteiger partial charge in [-0.3, -0.25) is 24.0 Å². The van der Waals surface area contributed by atoms with Gasteiger partial charge in [-0.05, 0) is 31.7 Å². The molecule has 5 unspecified atom stereocenters. The van der Waals surface area contributed by atoms with Gasteiger partial charge < -0.3 is 42.7 Å². The summed E-state index contributed by atoms with van der Waals surface area (Å²) in [5.74, 6) is -7.24. The third-order valence-electron chi connectivity index (χ3n) is 5.10. The molecule has 14 heteroatoms. The van der Waals surface area contributed by atoms with E-state index in [0.29, 0.717) is 25.8 Å². The molecular weight excluding hydrogens is 454 g/mol. The minimum atomic E-state index is -1.71. The third-order valence-corrected chi connectivity index (χ3v) is 5.10. The standard InChI is InChI=1S/C20H35N5O9/c1-3-10(2)16(25-17(30)11(22)8-14(26)27)19(32)23-12(6-4-5-7-21)18(31)24-13(20(33)34)9-15(28)29/h10-13,16H,3-9,21-22H2,1-2H3,(H,23,32)(H,24,31)(H,25,30)(H,26,27)(H,28,29)(H,33,34). The molecule has 0 bridgehead atoms. The molecular formula is C20H35N5O9. The summed E-state index contributed by atoms with van der Waals surface area (Å²) in [5.41, 5.74) is 11.0. The Balaban J connectivity index is 5.59. The summed E-state index contributed by atoms with van der Waals surface area (Å²) in [5, 5.41) is 33.8. The van der Waals surface area contributed by atoms with E-state index in [9.17, 15) is 33.9 Å². The van der Waals surface area contributed by atoms with E-state index < -0.39 is 78.6 Å². The van der Waals surface area contributed by atoms with E-state index in [4.69, 9.17) is 21.7 Å². The fraction of sp³-hybridized carbons (Fsp3) is 0.700. The molecule has 0 saturated heterocycles. The van der Waals surface area contributed by atoms with Crippen molar-refractivity contribution in [2.75, 3.05) is 6.54 Å². The van der Waals surface area contributed by atoms with E-state index in [0.717, 1.165) is 0 Å². The highest BCUT2D eigenvalue weighted by Gasteiger charge is 2.33. The van der Waals surface area contributed by atoms with E-state index in [1.165, 1.54) is 0 Å². The van der Waals surface area contributed by atoms with E-state index in [1.807, 2.05) is 0 Å². The first-order valence-corrected chi connectivity index (χ1v) is 10.9. The van der Waals surface area contributed by atoms with Crippen LogP contribution in [-0.2, 0) is 28.8 Å². The van der Waals surface area contributed by atoms with E-state index in [-0.39, 0.29) is 6.42 Å². The van der Waals surface area contributed by atoms with Gasteiger partial charge >= 0.3 is 17.9 Å². The van der Waals surface area contributed by atoms with Gasteiger partial charge in [0, 0.05) is 0 Å². The quantitative estimate of drug-likeness (QED) is 0.103. The summed E-state index contributed by atoms with van der Waals surface area (Å²) >= 11 is 0. The van der Waals surface area contributed by atoms with Crippen molar-refractivity contribution in [3.05, 3.63) is 0 Å². The summed E-state index contributed by atoms with van der Waals surface area (Å²) in [7, 11) is 0. The van der Waals surface area contributed by atoms with E-state index in [2.05, 4.69) is 16.0 Å². The zero-order chi connectivity index (χ0) is 26.4. The number of nitrogens with one attached hydrogen (secondary N) is 3. The molecule has 5 atom stereocenters. The maximum absolute atomic E-state index is 13.0. The van der Waals surface area contributed by atoms with Crippen molar-refractivity contribution >= 4 is 35.6 Å². The number of unbranched alkanes of at least 4 members (excludes halogenated alkanes) is 1. The van der Waals surface area contributed by atoms with Crippen LogP contribution in [0.1, 0.15) is 52.4 Å². The Morgan fingerprint density at radius 3 is 1.82 bits per heavy atom. The molecule has 0 heterocycles. The Morgan fingerprint density at radius 1 is 0.794 bits per heavy atom. The highest BCUT2D eigenvalue weighted by molar-refractivity contribution is 5.95. The fourth-order valence-electron chi connectivity index (χ4n) is 2.91. The zero-order valence-corrected chi connectivity index (χ0v) is 19.3. The minimum Gasteiger partial charge on any atom is -0.481 e. The highest BCUT2D eigenvalue weighted by atomic mass is 16.4. The number of carboxylic acid groups (broad SMARTS) is 3. The molecule has 0 aromatic rings. The van der Waals surface area contributed by atoms with Gasteiger partial charge in [-0.1, -0.05) is 20.3 Å². The number of rotatable bonds is 17. The average molecular weight is 490 g/mol. The van der Waals surface area contributed by atoms with Gasteiger partial charge in [-0.25, -0.2) is 4.79 Å². The van der Waals surface area contributed by atoms with Crippen molar-refractivity contribution in [1.29, 1.82) is 0 Å². The molecule has 0 saturated carbocycles. The number of carbonyl (C=O) groups is 6. The lowest BCUT2D eigenvalue weighted by Crippen LogP contribution is -2.58. The molecule has 3 amide bonds. The first-order valence-electron chi connectivity index (χ1n) is 10.9. The van der Waals surface area contributed by atoms with Crippen molar-refractivity contribution in [1.82, 2.24) is 16.0 Å². The van der Waals surface area contributed by atoms with Gasteiger partial charge in [0.1, 0.15) is 18.1 Å². The number of hydrogen-bond donors (Lipinski definition) is 8. The zero-order valence-electron chi connectivity index (χ0n) is 19.3. The SMILES string of the molecule is CCC(C)C(NC(=O)C(N)CC(=O)O)C(=O)NC(CCCCN)C(=O)NC(CC(=O)O)C(=O)O. The predicted molar refractivity (Wildman–Crippen MR) is 118 cm³/mol. The molecule has 194 valence electrons. The summed E-state index contributed by atoms with van der Waals surface area (Å²) in [6.45, 7) is 3.72. The number of hydrogen-bond acceptors (Lipinski definition) is 8. The smallest absolute Gasteiger partial charge is 0.326 e. The number of nitrogens with two attached hydrogens (primary N) is 2. The van der Waals surface area contributed by atoms with Crippen molar-refractivity contribution < 1.29 is 44.1 Å². The lowest BCUT2D eigenvalue weighted by molar-refractivity contribution is -0.147. The van der Waals surface area contributed by atoms with Crippen LogP contribution in [-0.4, -0.2) is 81.7 Å². The van der Waals surface area contributed by atoms with Crippen molar-refractivity contribution in [3.63, 3.8) is 0 Å². The van der Waals surface area contributed by atoms with Crippen LogP contribution in [0.15, 0.2) is 0 Å². The minimum absolute atomic E-state index is 0.0773. The normalized spacial score (nSPS) is 15.2. The molecule has 14 nitrogen and oxygen atoms in total. The summed E-state index contributed by atoms with van der Waals surface area (Å²) < 4.78 is 0. The first kappa shape index (κ1) is 30.7. The predicted octanol–water partition coefficient (Wildman–Crippen LogP) is -2.02. The van der Waals surface area contributed by atoms with Gasteiger partial charge in [-0.15, -0.1) is 0 Å². The first-order chi connectivity index (χ1) is 15.8. The largest absolute Gasteiger partial charge is 0.481 e. The van der Waals surface area contributed by atoms with Gasteiger partial charge in [-0.2, -0.15) is 0 Å². The van der Waals surface area contributed by atoms with Gasteiger partial charge in [0.2, 0.25) is 17.7 Å². The molecule has 0 aliphatic heterocycles. The van der Waals surface area contributed by atoms with Crippen molar-refractivity contribution in [3.8, 4) is 0 Å². The number of carbonyl (C=O) groups excluding carboxylic acids is 3. The second-order valence-electron chi connectivity index (χ2n) is 7.92. The van der Waals surface area contributed by atoms with Crippen LogP contribution in [0.5, 0.6) is 0 Å². The van der Waals surface area contributed by atoms with Crippen molar-refractivity contribution in [2.45, 2.75) is 76.5 Å². The highest BCUT2D eigenvalue weighted by Crippen LogP contribution is 2.11. The van der Waals surface area contributed by atoms with Gasteiger partial charge in [0.05, 0.1) is 18.9 Å². The summed E-state index contributed by atoms with van der Waals surface area (Å²) in [4.78, 5) is 70.9. The summed E-state index contributed by atoms with van der Waals surface area (Å²) in [6, 6.07) is -5.49. The molecule has 0 aliphatic rings. The second kappa shape index (κ2) is 15.6. The molecule has 0 aromatic carbocycles. The maximum atomic E-state index is 13.0. The van der Waals surface area contributed by atoms with Crippen LogP contribution in [0.2, 0.25) is 0 Å². The second-order valence-corrected chi connectivity index (χ2v) is 7.92. The Hall–Kier alpha value is -3.26. The van der Waals surface area contributed by atoms with Crippen LogP contribution in [0, 0.1) is 5.92 Å². The Kier molecular flexibility index (Phi) is 14.1. The topological polar surface area (TPSA) is 251 Å². The molecule has 0 fully saturated rings. The molecule has 0 aliphatic carbocycles. The van der Waals surface area contributed by atoms with E-state index in [1.54, 1.807) is 13.8 Å². The lowest BCUT2D eigenvalue weighted by atomic mass is 9.96. The van der Waals surface area contributed by atoms with Crippen LogP contribution in [0.3, 0.4) is 0 Å². The number of aliphatic carboxylic acids is 3. The van der Waals surface area contributed by atoms with Crippen LogP contribution in [0.25, 0.3) is 0 Å². The summed E-state index contributed by atoms with van der Waals surface area (Å²) in [6.07, 6.45) is -0.0885. The Bertz CT molecular complexity index is 746. The molecule has 0 spiro atoms. The van der Waals surface area contributed by atoms with Crippen LogP contribution < -0.4 is 27.4 Å². The third kappa shape index (κ3) is 11.6. The lowest BCUT2D eigenvalue weighted by Gasteiger charge is -2.27. The molecule has 34 heavy (non-hydrogen) atoms. The fourth-order valence-corrected chi connectivity index (χ4v) is 2.91. The molecule has 0 radical (unpaired) electrons. The Morgan fingerprint density at radius 2 is 1.35 bits per heavy atom.